The second kappa shape index (κ2) is 9.36. The van der Waals surface area contributed by atoms with E-state index in [-0.39, 0.29) is 0 Å². The normalized spacial score (nSPS) is 29.1. The fourth-order valence-electron chi connectivity index (χ4n) is 8.91. The van der Waals surface area contributed by atoms with Crippen molar-refractivity contribution in [2.45, 2.75) is 70.1 Å². The molecule has 0 spiro atoms. The van der Waals surface area contributed by atoms with Gasteiger partial charge in [-0.1, -0.05) is 62.8 Å². The summed E-state index contributed by atoms with van der Waals surface area (Å²) < 4.78 is 0. The molecule has 3 heteroatoms. The van der Waals surface area contributed by atoms with Crippen molar-refractivity contribution in [2.75, 3.05) is 18.0 Å². The summed E-state index contributed by atoms with van der Waals surface area (Å²) >= 11 is 0. The van der Waals surface area contributed by atoms with E-state index in [2.05, 4.69) is 53.4 Å². The van der Waals surface area contributed by atoms with Crippen LogP contribution in [-0.4, -0.2) is 23.1 Å². The Hall–Kier alpha value is -2.94. The van der Waals surface area contributed by atoms with Crippen LogP contribution < -0.4 is 4.90 Å². The maximum Gasteiger partial charge on any atom is 0.0970 e. The number of aromatic nitrogens is 2. The molecular formula is C35H39N3. The molecule has 4 aliphatic rings. The Labute approximate surface area is 226 Å². The van der Waals surface area contributed by atoms with Gasteiger partial charge < -0.3 is 4.90 Å². The molecule has 4 unspecified atom stereocenters. The summed E-state index contributed by atoms with van der Waals surface area (Å²) in [5.74, 6) is 4.37. The van der Waals surface area contributed by atoms with Crippen LogP contribution in [0, 0.1) is 23.7 Å². The van der Waals surface area contributed by atoms with E-state index in [4.69, 9.17) is 9.97 Å². The van der Waals surface area contributed by atoms with Crippen molar-refractivity contribution in [1.29, 1.82) is 0 Å². The number of hydrogen-bond donors (Lipinski definition) is 0. The number of anilines is 1. The lowest BCUT2D eigenvalue weighted by Crippen LogP contribution is -2.19. The molecule has 3 saturated carbocycles. The first-order valence-electron chi connectivity index (χ1n) is 15.3. The van der Waals surface area contributed by atoms with Crippen molar-refractivity contribution in [2.24, 2.45) is 23.7 Å². The van der Waals surface area contributed by atoms with Crippen LogP contribution in [0.3, 0.4) is 0 Å². The number of nitrogens with zero attached hydrogens (tertiary/aromatic N) is 3. The molecular weight excluding hydrogens is 462 g/mol. The third-order valence-electron chi connectivity index (χ3n) is 10.9. The number of pyridine rings is 2. The van der Waals surface area contributed by atoms with Crippen molar-refractivity contribution in [1.82, 2.24) is 9.97 Å². The lowest BCUT2D eigenvalue weighted by atomic mass is 9.82. The van der Waals surface area contributed by atoms with Gasteiger partial charge in [0.25, 0.3) is 0 Å². The molecule has 4 aromatic rings. The molecule has 1 saturated heterocycles. The minimum Gasteiger partial charge on any atom is -0.371 e. The van der Waals surface area contributed by atoms with Crippen LogP contribution in [0.1, 0.15) is 75.7 Å². The van der Waals surface area contributed by atoms with Gasteiger partial charge in [-0.3, -0.25) is 9.97 Å². The third kappa shape index (κ3) is 3.84. The topological polar surface area (TPSA) is 29.0 Å². The second-order valence-electron chi connectivity index (χ2n) is 12.8. The van der Waals surface area contributed by atoms with Crippen LogP contribution in [0.2, 0.25) is 0 Å². The Morgan fingerprint density at radius 1 is 0.579 bits per heavy atom. The Bertz CT molecular complexity index is 1450. The minimum absolute atomic E-state index is 0.677. The van der Waals surface area contributed by atoms with Crippen molar-refractivity contribution < 1.29 is 0 Å². The van der Waals surface area contributed by atoms with Crippen LogP contribution >= 0.6 is 0 Å². The van der Waals surface area contributed by atoms with Gasteiger partial charge >= 0.3 is 0 Å². The number of rotatable bonds is 3. The summed E-state index contributed by atoms with van der Waals surface area (Å²) in [6, 6.07) is 18.5. The lowest BCUT2D eigenvalue weighted by Gasteiger charge is -2.24. The predicted octanol–water partition coefficient (Wildman–Crippen LogP) is 8.76. The van der Waals surface area contributed by atoms with Crippen LogP contribution in [-0.2, 0) is 0 Å². The molecule has 4 atom stereocenters. The van der Waals surface area contributed by atoms with Crippen molar-refractivity contribution in [3.8, 4) is 11.1 Å². The zero-order valence-corrected chi connectivity index (χ0v) is 22.5. The van der Waals surface area contributed by atoms with Gasteiger partial charge in [0, 0.05) is 41.9 Å². The summed E-state index contributed by atoms with van der Waals surface area (Å²) in [7, 11) is 0. The fourth-order valence-corrected chi connectivity index (χ4v) is 8.91. The molecule has 8 rings (SSSR count). The number of hydrogen-bond acceptors (Lipinski definition) is 3. The highest BCUT2D eigenvalue weighted by molar-refractivity contribution is 6.08. The maximum atomic E-state index is 4.90. The van der Waals surface area contributed by atoms with E-state index in [1.165, 1.54) is 110 Å². The average molecular weight is 502 g/mol. The molecule has 38 heavy (non-hydrogen) atoms. The molecule has 3 heterocycles. The first kappa shape index (κ1) is 23.0. The van der Waals surface area contributed by atoms with E-state index < -0.39 is 0 Å². The number of fused-ring (bicyclic) bond motifs is 5. The summed E-state index contributed by atoms with van der Waals surface area (Å²) in [5.41, 5.74) is 7.55. The average Bonchev–Trinajstić information content (AvgIpc) is 3.61. The van der Waals surface area contributed by atoms with Crippen LogP contribution in [0.15, 0.2) is 60.9 Å². The smallest absolute Gasteiger partial charge is 0.0970 e. The molecule has 3 aliphatic carbocycles. The number of benzene rings is 2. The van der Waals surface area contributed by atoms with E-state index >= 15 is 0 Å². The Kier molecular flexibility index (Phi) is 5.66. The van der Waals surface area contributed by atoms with E-state index in [1.54, 1.807) is 0 Å². The molecule has 0 radical (unpaired) electrons. The fraction of sp³-hybridized carbons (Fsp3) is 0.486. The van der Waals surface area contributed by atoms with E-state index in [0.29, 0.717) is 5.92 Å². The van der Waals surface area contributed by atoms with E-state index in [1.807, 2.05) is 12.4 Å². The van der Waals surface area contributed by atoms with Crippen LogP contribution in [0.4, 0.5) is 5.69 Å². The molecule has 2 aromatic heterocycles. The standard InChI is InChI=1S/C35H39N3/c1-2-6-25-20-28(19-24(25)5-1)31-16-18-37-35-33(31)14-13-32-30(15-17-36-34(32)35)23-9-11-29(12-10-23)38-21-26-7-3-4-8-27(26)22-38/h9-18,24-28H,1-8,19-22H2. The first-order valence-corrected chi connectivity index (χ1v) is 15.3. The zero-order chi connectivity index (χ0) is 25.1. The maximum absolute atomic E-state index is 4.90. The molecule has 4 fully saturated rings. The molecule has 194 valence electrons. The van der Waals surface area contributed by atoms with Crippen molar-refractivity contribution >= 4 is 27.5 Å². The highest BCUT2D eigenvalue weighted by atomic mass is 15.2. The Morgan fingerprint density at radius 2 is 1.16 bits per heavy atom. The SMILES string of the molecule is c1cc(-c2ccc(N3CC4CCCCC4C3)cc2)c2ccc3c(C4CC5CCCCC5C4)ccnc3c2n1. The van der Waals surface area contributed by atoms with E-state index in [0.717, 1.165) is 34.7 Å². The third-order valence-corrected chi connectivity index (χ3v) is 10.9. The highest BCUT2D eigenvalue weighted by Crippen LogP contribution is 2.50. The first-order chi connectivity index (χ1) is 18.8. The summed E-state index contributed by atoms with van der Waals surface area (Å²) in [4.78, 5) is 12.4. The molecule has 0 N–H and O–H groups in total. The molecule has 0 bridgehead atoms. The van der Waals surface area contributed by atoms with Gasteiger partial charge in [0.05, 0.1) is 11.0 Å². The molecule has 3 nitrogen and oxygen atoms in total. The Balaban J connectivity index is 1.12. The molecule has 0 amide bonds. The van der Waals surface area contributed by atoms with E-state index in [9.17, 15) is 0 Å². The summed E-state index contributed by atoms with van der Waals surface area (Å²) in [5, 5.41) is 2.53. The largest absolute Gasteiger partial charge is 0.371 e. The predicted molar refractivity (Wildman–Crippen MR) is 158 cm³/mol. The lowest BCUT2D eigenvalue weighted by molar-refractivity contribution is 0.277. The van der Waals surface area contributed by atoms with Gasteiger partial charge in [0.1, 0.15) is 0 Å². The van der Waals surface area contributed by atoms with Gasteiger partial charge in [0.2, 0.25) is 0 Å². The zero-order valence-electron chi connectivity index (χ0n) is 22.5. The summed E-state index contributed by atoms with van der Waals surface area (Å²) in [6.07, 6.45) is 18.2. The summed E-state index contributed by atoms with van der Waals surface area (Å²) in [6.45, 7) is 2.48. The van der Waals surface area contributed by atoms with Gasteiger partial charge in [-0.05, 0) is 96.2 Å². The highest BCUT2D eigenvalue weighted by Gasteiger charge is 2.37. The van der Waals surface area contributed by atoms with Gasteiger partial charge in [-0.15, -0.1) is 0 Å². The molecule has 1 aliphatic heterocycles. The molecule has 2 aromatic carbocycles. The van der Waals surface area contributed by atoms with Crippen molar-refractivity contribution in [3.63, 3.8) is 0 Å². The van der Waals surface area contributed by atoms with Gasteiger partial charge in [0.15, 0.2) is 0 Å². The van der Waals surface area contributed by atoms with Gasteiger partial charge in [-0.25, -0.2) is 0 Å². The minimum atomic E-state index is 0.677. The van der Waals surface area contributed by atoms with Gasteiger partial charge in [-0.2, -0.15) is 0 Å². The van der Waals surface area contributed by atoms with Crippen LogP contribution in [0.5, 0.6) is 0 Å². The monoisotopic (exact) mass is 501 g/mol. The van der Waals surface area contributed by atoms with Crippen molar-refractivity contribution in [3.05, 3.63) is 66.5 Å². The quantitative estimate of drug-likeness (QED) is 0.263. The second-order valence-corrected chi connectivity index (χ2v) is 12.8. The Morgan fingerprint density at radius 3 is 1.84 bits per heavy atom. The van der Waals surface area contributed by atoms with Crippen LogP contribution in [0.25, 0.3) is 32.9 Å².